The number of hydrogen-bond donors (Lipinski definition) is 1. The van der Waals surface area contributed by atoms with E-state index in [4.69, 9.17) is 4.52 Å². The summed E-state index contributed by atoms with van der Waals surface area (Å²) in [6.45, 7) is 7.59. The predicted octanol–water partition coefficient (Wildman–Crippen LogP) is 2.72. The van der Waals surface area contributed by atoms with Crippen LogP contribution in [0.4, 0.5) is 5.88 Å². The van der Waals surface area contributed by atoms with Gasteiger partial charge in [-0.1, -0.05) is 12.1 Å². The van der Waals surface area contributed by atoms with Crippen molar-refractivity contribution in [1.82, 2.24) is 9.72 Å². The quantitative estimate of drug-likeness (QED) is 0.920. The fourth-order valence-corrected chi connectivity index (χ4v) is 1.98. The van der Waals surface area contributed by atoms with Gasteiger partial charge in [-0.2, -0.15) is 0 Å². The molecule has 0 atom stereocenters. The van der Waals surface area contributed by atoms with Crippen molar-refractivity contribution >= 4 is 11.8 Å². The van der Waals surface area contributed by atoms with Crippen LogP contribution in [-0.4, -0.2) is 15.6 Å². The first-order chi connectivity index (χ1) is 8.96. The highest BCUT2D eigenvalue weighted by atomic mass is 16.5. The fourth-order valence-electron chi connectivity index (χ4n) is 1.98. The Morgan fingerprint density at radius 3 is 2.63 bits per heavy atom. The zero-order chi connectivity index (χ0) is 14.0. The highest BCUT2D eigenvalue weighted by Crippen LogP contribution is 2.23. The minimum atomic E-state index is -0.685. The molecule has 0 aliphatic heterocycles. The summed E-state index contributed by atoms with van der Waals surface area (Å²) >= 11 is 0. The third kappa shape index (κ3) is 2.41. The number of rotatable bonds is 4. The summed E-state index contributed by atoms with van der Waals surface area (Å²) in [5.74, 6) is 0.319. The summed E-state index contributed by atoms with van der Waals surface area (Å²) in [7, 11) is 0. The van der Waals surface area contributed by atoms with Crippen LogP contribution in [-0.2, 0) is 16.8 Å². The highest BCUT2D eigenvalue weighted by molar-refractivity contribution is 5.95. The van der Waals surface area contributed by atoms with Crippen LogP contribution in [0.2, 0.25) is 0 Å². The number of anilines is 1. The van der Waals surface area contributed by atoms with Gasteiger partial charge in [0.1, 0.15) is 5.54 Å². The maximum Gasteiger partial charge on any atom is 0.252 e. The first-order valence-electron chi connectivity index (χ1n) is 6.37. The van der Waals surface area contributed by atoms with Crippen LogP contribution in [0.15, 0.2) is 29.0 Å². The second-order valence-corrected chi connectivity index (χ2v) is 5.03. The smallest absolute Gasteiger partial charge is 0.252 e. The lowest BCUT2D eigenvalue weighted by atomic mass is 10.0. The van der Waals surface area contributed by atoms with Gasteiger partial charge in [0.05, 0.1) is 5.69 Å². The number of amides is 1. The molecular weight excluding hydrogens is 242 g/mol. The van der Waals surface area contributed by atoms with E-state index in [9.17, 15) is 4.79 Å². The molecule has 0 aliphatic carbocycles. The minimum Gasteiger partial charge on any atom is -0.340 e. The molecule has 0 unspecified atom stereocenters. The van der Waals surface area contributed by atoms with Gasteiger partial charge in [0.25, 0.3) is 5.91 Å². The van der Waals surface area contributed by atoms with E-state index < -0.39 is 5.54 Å². The Hall–Kier alpha value is -2.04. The summed E-state index contributed by atoms with van der Waals surface area (Å²) in [4.78, 5) is 12.4. The second kappa shape index (κ2) is 4.91. The van der Waals surface area contributed by atoms with Gasteiger partial charge in [0.15, 0.2) is 0 Å². The van der Waals surface area contributed by atoms with Gasteiger partial charge >= 0.3 is 0 Å². The largest absolute Gasteiger partial charge is 0.340 e. The Bertz CT molecular complexity index is 568. The Labute approximate surface area is 112 Å². The van der Waals surface area contributed by atoms with Crippen LogP contribution in [0.3, 0.4) is 0 Å². The summed E-state index contributed by atoms with van der Waals surface area (Å²) < 4.78 is 7.04. The van der Waals surface area contributed by atoms with Gasteiger partial charge in [0, 0.05) is 18.0 Å². The van der Waals surface area contributed by atoms with Crippen molar-refractivity contribution in [2.45, 2.75) is 39.7 Å². The maximum absolute atomic E-state index is 12.4. The molecule has 2 aromatic rings. The number of nitrogens with one attached hydrogen (secondary N) is 1. The number of aromatic nitrogens is 2. The molecule has 1 N–H and O–H groups in total. The van der Waals surface area contributed by atoms with Gasteiger partial charge < -0.3 is 9.09 Å². The highest BCUT2D eigenvalue weighted by Gasteiger charge is 2.30. The van der Waals surface area contributed by atoms with Crippen molar-refractivity contribution in [3.63, 3.8) is 0 Å². The van der Waals surface area contributed by atoms with Crippen LogP contribution in [0, 0.1) is 6.92 Å². The standard InChI is InChI=1S/C14H19N3O2/c1-5-11-10(2)16-19-12(11)15-13(18)14(3,4)17-8-6-7-9-17/h6-9H,5H2,1-4H3,(H,15,18). The third-order valence-corrected chi connectivity index (χ3v) is 3.37. The second-order valence-electron chi connectivity index (χ2n) is 5.03. The molecule has 102 valence electrons. The number of carbonyl (C=O) groups is 1. The van der Waals surface area contributed by atoms with Crippen LogP contribution in [0.25, 0.3) is 0 Å². The molecule has 1 amide bonds. The fraction of sp³-hybridized carbons (Fsp3) is 0.429. The number of hydrogen-bond acceptors (Lipinski definition) is 3. The molecule has 2 heterocycles. The van der Waals surface area contributed by atoms with E-state index in [1.165, 1.54) is 0 Å². The topological polar surface area (TPSA) is 60.1 Å². The molecule has 0 saturated carbocycles. The molecular formula is C14H19N3O2. The lowest BCUT2D eigenvalue weighted by molar-refractivity contribution is -0.123. The van der Waals surface area contributed by atoms with Crippen LogP contribution in [0.1, 0.15) is 32.0 Å². The molecule has 0 saturated heterocycles. The van der Waals surface area contributed by atoms with E-state index in [0.29, 0.717) is 5.88 Å². The number of aryl methyl sites for hydroxylation is 1. The van der Waals surface area contributed by atoms with Gasteiger partial charge in [-0.05, 0) is 39.3 Å². The molecule has 0 spiro atoms. The molecule has 19 heavy (non-hydrogen) atoms. The summed E-state index contributed by atoms with van der Waals surface area (Å²) in [5.41, 5.74) is 1.07. The lowest BCUT2D eigenvalue weighted by Gasteiger charge is -2.25. The summed E-state index contributed by atoms with van der Waals surface area (Å²) in [5, 5.41) is 6.71. The van der Waals surface area contributed by atoms with E-state index in [2.05, 4.69) is 10.5 Å². The SMILES string of the molecule is CCc1c(C)noc1NC(=O)C(C)(C)n1cccc1. The van der Waals surface area contributed by atoms with Gasteiger partial charge in [-0.15, -0.1) is 0 Å². The Balaban J connectivity index is 2.21. The van der Waals surface area contributed by atoms with Crippen molar-refractivity contribution in [2.24, 2.45) is 0 Å². The lowest BCUT2D eigenvalue weighted by Crippen LogP contribution is -2.39. The number of nitrogens with zero attached hydrogens (tertiary/aromatic N) is 2. The zero-order valence-corrected chi connectivity index (χ0v) is 11.7. The van der Waals surface area contributed by atoms with E-state index in [1.807, 2.05) is 56.8 Å². The Morgan fingerprint density at radius 2 is 2.05 bits per heavy atom. The predicted molar refractivity (Wildman–Crippen MR) is 73.0 cm³/mol. The Morgan fingerprint density at radius 1 is 1.42 bits per heavy atom. The van der Waals surface area contributed by atoms with Crippen molar-refractivity contribution < 1.29 is 9.32 Å². The summed E-state index contributed by atoms with van der Waals surface area (Å²) in [6, 6.07) is 3.79. The normalized spacial score (nSPS) is 11.6. The summed E-state index contributed by atoms with van der Waals surface area (Å²) in [6.07, 6.45) is 4.51. The maximum atomic E-state index is 12.4. The minimum absolute atomic E-state index is 0.130. The van der Waals surface area contributed by atoms with E-state index >= 15 is 0 Å². The molecule has 2 aromatic heterocycles. The Kier molecular flexibility index (Phi) is 3.46. The monoisotopic (exact) mass is 261 g/mol. The molecule has 0 aromatic carbocycles. The van der Waals surface area contributed by atoms with E-state index in [-0.39, 0.29) is 5.91 Å². The molecule has 0 fully saturated rings. The average molecular weight is 261 g/mol. The van der Waals surface area contributed by atoms with Gasteiger partial charge in [0.2, 0.25) is 5.88 Å². The van der Waals surface area contributed by atoms with Crippen molar-refractivity contribution in [2.75, 3.05) is 5.32 Å². The molecule has 0 bridgehead atoms. The zero-order valence-electron chi connectivity index (χ0n) is 11.7. The van der Waals surface area contributed by atoms with E-state index in [1.54, 1.807) is 0 Å². The van der Waals surface area contributed by atoms with Crippen molar-refractivity contribution in [1.29, 1.82) is 0 Å². The van der Waals surface area contributed by atoms with Crippen LogP contribution in [0.5, 0.6) is 0 Å². The molecule has 5 nitrogen and oxygen atoms in total. The molecule has 5 heteroatoms. The van der Waals surface area contributed by atoms with Crippen molar-refractivity contribution in [3.8, 4) is 0 Å². The van der Waals surface area contributed by atoms with Crippen LogP contribution < -0.4 is 5.32 Å². The average Bonchev–Trinajstić information content (AvgIpc) is 2.99. The molecule has 2 rings (SSSR count). The molecule has 0 aliphatic rings. The van der Waals surface area contributed by atoms with E-state index in [0.717, 1.165) is 17.7 Å². The van der Waals surface area contributed by atoms with Crippen LogP contribution >= 0.6 is 0 Å². The van der Waals surface area contributed by atoms with Gasteiger partial charge in [-0.3, -0.25) is 10.1 Å². The van der Waals surface area contributed by atoms with Crippen molar-refractivity contribution in [3.05, 3.63) is 35.8 Å². The van der Waals surface area contributed by atoms with Gasteiger partial charge in [-0.25, -0.2) is 0 Å². The molecule has 0 radical (unpaired) electrons. The number of carbonyl (C=O) groups excluding carboxylic acids is 1. The first-order valence-corrected chi connectivity index (χ1v) is 6.37. The third-order valence-electron chi connectivity index (χ3n) is 3.37. The first kappa shape index (κ1) is 13.4.